The van der Waals surface area contributed by atoms with Crippen LogP contribution in [0.3, 0.4) is 0 Å². The summed E-state index contributed by atoms with van der Waals surface area (Å²) in [6.07, 6.45) is 15.6. The zero-order valence-corrected chi connectivity index (χ0v) is 19.6. The van der Waals surface area contributed by atoms with Gasteiger partial charge in [0.05, 0.1) is 21.1 Å². The van der Waals surface area contributed by atoms with Crippen molar-refractivity contribution < 1.29 is 23.4 Å². The van der Waals surface area contributed by atoms with Crippen LogP contribution in [-0.2, 0) is 9.09 Å². The van der Waals surface area contributed by atoms with E-state index in [0.29, 0.717) is 11.0 Å². The van der Waals surface area contributed by atoms with Gasteiger partial charge in [0.1, 0.15) is 12.6 Å². The molecule has 0 bridgehead atoms. The van der Waals surface area contributed by atoms with Crippen molar-refractivity contribution in [3.8, 4) is 0 Å². The van der Waals surface area contributed by atoms with Crippen molar-refractivity contribution in [3.05, 3.63) is 0 Å². The van der Waals surface area contributed by atoms with Crippen LogP contribution in [0.2, 0.25) is 0 Å². The lowest BCUT2D eigenvalue weighted by atomic mass is 9.90. The van der Waals surface area contributed by atoms with E-state index in [0.717, 1.165) is 25.7 Å². The molecule has 0 rings (SSSR count). The Morgan fingerprint density at radius 1 is 0.778 bits per heavy atom. The molecule has 0 aliphatic carbocycles. The first kappa shape index (κ1) is 27.1. The number of likely N-dealkylation sites (N-methyl/N-ethyl adjacent to an activating group) is 1. The second-order valence-electron chi connectivity index (χ2n) is 9.13. The third-order valence-electron chi connectivity index (χ3n) is 5.11. The molecule has 6 heteroatoms. The smallest absolute Gasteiger partial charge is 0.329 e. The summed E-state index contributed by atoms with van der Waals surface area (Å²) >= 11 is 0. The third-order valence-corrected chi connectivity index (χ3v) is 5.66. The molecule has 0 aliphatic rings. The van der Waals surface area contributed by atoms with E-state index in [-0.39, 0.29) is 12.0 Å². The number of quaternary nitrogens is 1. The van der Waals surface area contributed by atoms with Crippen LogP contribution in [-0.4, -0.2) is 48.1 Å². The molecule has 2 atom stereocenters. The molecule has 0 radical (unpaired) electrons. The van der Waals surface area contributed by atoms with E-state index < -0.39 is 7.82 Å². The highest BCUT2D eigenvalue weighted by Gasteiger charge is 2.32. The van der Waals surface area contributed by atoms with Gasteiger partial charge in [0.2, 0.25) is 0 Å². The van der Waals surface area contributed by atoms with Gasteiger partial charge >= 0.3 is 7.82 Å². The Morgan fingerprint density at radius 2 is 1.26 bits per heavy atom. The van der Waals surface area contributed by atoms with Gasteiger partial charge < -0.3 is 14.3 Å². The molecule has 164 valence electrons. The minimum atomic E-state index is -4.46. The zero-order valence-electron chi connectivity index (χ0n) is 18.7. The first-order chi connectivity index (χ1) is 12.6. The van der Waals surface area contributed by atoms with Crippen molar-refractivity contribution in [1.29, 1.82) is 0 Å². The van der Waals surface area contributed by atoms with Crippen molar-refractivity contribution in [3.63, 3.8) is 0 Å². The fourth-order valence-electron chi connectivity index (χ4n) is 3.77. The number of nitrogens with zero attached hydrogens (tertiary/aromatic N) is 1. The summed E-state index contributed by atoms with van der Waals surface area (Å²) in [6, 6.07) is 0. The Balaban J connectivity index is 4.27. The van der Waals surface area contributed by atoms with Crippen LogP contribution in [0.5, 0.6) is 0 Å². The maximum atomic E-state index is 11.4. The molecule has 0 aromatic heterocycles. The molecule has 0 aromatic rings. The molecule has 0 saturated heterocycles. The number of hydrogen-bond donors (Lipinski definition) is 2. The Kier molecular flexibility index (Phi) is 15.0. The Morgan fingerprint density at radius 3 is 1.67 bits per heavy atom. The van der Waals surface area contributed by atoms with Crippen LogP contribution in [0, 0.1) is 5.92 Å². The standard InChI is InChI=1S/C21H46NO4P/c1-6-8-9-10-11-12-13-14-15-16-18-20(17-7-2)21(19-22(3,4)5)26-27(23,24)25/h20-21H,6-19H2,1-5H3,(H-,23,24,25)/p+1. The lowest BCUT2D eigenvalue weighted by molar-refractivity contribution is -0.873. The predicted octanol–water partition coefficient (Wildman–Crippen LogP) is 5.90. The van der Waals surface area contributed by atoms with Gasteiger partial charge in [0.15, 0.2) is 0 Å². The maximum Gasteiger partial charge on any atom is 0.470 e. The van der Waals surface area contributed by atoms with Crippen molar-refractivity contribution >= 4 is 7.82 Å². The summed E-state index contributed by atoms with van der Waals surface area (Å²) in [5.41, 5.74) is 0. The highest BCUT2D eigenvalue weighted by atomic mass is 31.2. The van der Waals surface area contributed by atoms with Gasteiger partial charge in [-0.15, -0.1) is 0 Å². The van der Waals surface area contributed by atoms with Crippen LogP contribution in [0.25, 0.3) is 0 Å². The lowest BCUT2D eigenvalue weighted by Crippen LogP contribution is -2.45. The summed E-state index contributed by atoms with van der Waals surface area (Å²) in [5.74, 6) is 0.217. The minimum Gasteiger partial charge on any atom is -0.329 e. The number of phosphoric ester groups is 1. The summed E-state index contributed by atoms with van der Waals surface area (Å²) < 4.78 is 17.3. The van der Waals surface area contributed by atoms with Gasteiger partial charge in [0, 0.05) is 0 Å². The molecule has 27 heavy (non-hydrogen) atoms. The van der Waals surface area contributed by atoms with Gasteiger partial charge in [-0.3, -0.25) is 4.52 Å². The van der Waals surface area contributed by atoms with E-state index in [1.54, 1.807) is 0 Å². The van der Waals surface area contributed by atoms with Gasteiger partial charge in [-0.25, -0.2) is 4.57 Å². The van der Waals surface area contributed by atoms with Crippen LogP contribution < -0.4 is 0 Å². The molecule has 2 unspecified atom stereocenters. The predicted molar refractivity (Wildman–Crippen MR) is 115 cm³/mol. The summed E-state index contributed by atoms with van der Waals surface area (Å²) in [5, 5.41) is 0. The number of rotatable bonds is 18. The van der Waals surface area contributed by atoms with E-state index >= 15 is 0 Å². The normalized spacial score (nSPS) is 15.1. The first-order valence-electron chi connectivity index (χ1n) is 11.1. The van der Waals surface area contributed by atoms with Gasteiger partial charge in [-0.1, -0.05) is 84.5 Å². The second kappa shape index (κ2) is 15.0. The number of phosphoric acid groups is 1. The highest BCUT2D eigenvalue weighted by molar-refractivity contribution is 7.46. The molecular formula is C21H47NO4P+. The van der Waals surface area contributed by atoms with Gasteiger partial charge in [0.25, 0.3) is 0 Å². The largest absolute Gasteiger partial charge is 0.470 e. The lowest BCUT2D eigenvalue weighted by Gasteiger charge is -2.33. The zero-order chi connectivity index (χ0) is 20.8. The number of hydrogen-bond acceptors (Lipinski definition) is 2. The Hall–Kier alpha value is 0.0700. The van der Waals surface area contributed by atoms with Crippen molar-refractivity contribution in [2.45, 2.75) is 103 Å². The van der Waals surface area contributed by atoms with Crippen LogP contribution >= 0.6 is 7.82 Å². The third kappa shape index (κ3) is 17.9. The van der Waals surface area contributed by atoms with Crippen LogP contribution in [0.4, 0.5) is 0 Å². The first-order valence-corrected chi connectivity index (χ1v) is 12.7. The van der Waals surface area contributed by atoms with E-state index in [1.165, 1.54) is 57.8 Å². The monoisotopic (exact) mass is 408 g/mol. The Bertz CT molecular complexity index is 392. The van der Waals surface area contributed by atoms with E-state index in [1.807, 2.05) is 21.1 Å². The minimum absolute atomic E-state index is 0.217. The maximum absolute atomic E-state index is 11.4. The summed E-state index contributed by atoms with van der Waals surface area (Å²) in [4.78, 5) is 18.7. The SMILES string of the molecule is CCCCCCCCCCCCC(CCC)C(C[N+](C)(C)C)OP(=O)(O)O. The van der Waals surface area contributed by atoms with Crippen LogP contribution in [0.1, 0.15) is 97.3 Å². The second-order valence-corrected chi connectivity index (χ2v) is 10.3. The summed E-state index contributed by atoms with van der Waals surface area (Å²) in [7, 11) is 1.66. The van der Waals surface area contributed by atoms with E-state index in [2.05, 4.69) is 13.8 Å². The molecule has 0 fully saturated rings. The Labute approximate surface area is 168 Å². The molecule has 0 saturated carbocycles. The van der Waals surface area contributed by atoms with E-state index in [4.69, 9.17) is 4.52 Å². The van der Waals surface area contributed by atoms with Gasteiger partial charge in [-0.05, 0) is 18.8 Å². The molecule has 0 aliphatic heterocycles. The van der Waals surface area contributed by atoms with Crippen molar-refractivity contribution in [2.75, 3.05) is 27.7 Å². The average molecular weight is 409 g/mol. The fraction of sp³-hybridized carbons (Fsp3) is 1.00. The molecule has 0 amide bonds. The topological polar surface area (TPSA) is 66.8 Å². The van der Waals surface area contributed by atoms with Gasteiger partial charge in [-0.2, -0.15) is 0 Å². The van der Waals surface area contributed by atoms with Crippen molar-refractivity contribution in [2.24, 2.45) is 5.92 Å². The molecule has 5 nitrogen and oxygen atoms in total. The fourth-order valence-corrected chi connectivity index (χ4v) is 4.36. The quantitative estimate of drug-likeness (QED) is 0.168. The molecule has 0 aromatic carbocycles. The molecular weight excluding hydrogens is 361 g/mol. The number of unbranched alkanes of at least 4 members (excludes halogenated alkanes) is 9. The summed E-state index contributed by atoms with van der Waals surface area (Å²) in [6.45, 7) is 5.00. The van der Waals surface area contributed by atoms with Crippen LogP contribution in [0.15, 0.2) is 0 Å². The molecule has 0 spiro atoms. The van der Waals surface area contributed by atoms with E-state index in [9.17, 15) is 14.4 Å². The molecule has 2 N–H and O–H groups in total. The average Bonchev–Trinajstić information content (AvgIpc) is 2.52. The molecule has 0 heterocycles. The van der Waals surface area contributed by atoms with Crippen molar-refractivity contribution in [1.82, 2.24) is 0 Å². The highest BCUT2D eigenvalue weighted by Crippen LogP contribution is 2.41.